The molecule has 0 radical (unpaired) electrons. The summed E-state index contributed by atoms with van der Waals surface area (Å²) in [6, 6.07) is 0. The third kappa shape index (κ3) is 3.31. The van der Waals surface area contributed by atoms with Crippen LogP contribution >= 0.6 is 0 Å². The van der Waals surface area contributed by atoms with Crippen molar-refractivity contribution in [1.82, 2.24) is 24.7 Å². The second-order valence-corrected chi connectivity index (χ2v) is 4.72. The van der Waals surface area contributed by atoms with E-state index in [1.54, 1.807) is 36.1 Å². The van der Waals surface area contributed by atoms with Crippen molar-refractivity contribution in [2.24, 2.45) is 7.05 Å². The van der Waals surface area contributed by atoms with Gasteiger partial charge in [0.15, 0.2) is 0 Å². The average Bonchev–Trinajstić information content (AvgIpc) is 2.85. The third-order valence-corrected chi connectivity index (χ3v) is 3.11. The number of hydrogen-bond donors (Lipinski definition) is 1. The van der Waals surface area contributed by atoms with Crippen molar-refractivity contribution in [3.05, 3.63) is 18.2 Å². The zero-order valence-electron chi connectivity index (χ0n) is 11.3. The summed E-state index contributed by atoms with van der Waals surface area (Å²) in [7, 11) is 3.42. The van der Waals surface area contributed by atoms with Gasteiger partial charge in [0.05, 0.1) is 12.9 Å². The van der Waals surface area contributed by atoms with Gasteiger partial charge in [-0.15, -0.1) is 0 Å². The van der Waals surface area contributed by atoms with Gasteiger partial charge in [-0.25, -0.2) is 4.98 Å². The quantitative estimate of drug-likeness (QED) is 0.755. The Labute approximate surface area is 112 Å². The summed E-state index contributed by atoms with van der Waals surface area (Å²) in [6.07, 6.45) is 3.22. The van der Waals surface area contributed by atoms with E-state index in [2.05, 4.69) is 10.3 Å². The van der Waals surface area contributed by atoms with Crippen molar-refractivity contribution >= 4 is 11.8 Å². The van der Waals surface area contributed by atoms with E-state index in [1.165, 1.54) is 4.90 Å². The minimum Gasteiger partial charge on any atom is -0.340 e. The number of imidazole rings is 1. The van der Waals surface area contributed by atoms with Crippen molar-refractivity contribution < 1.29 is 9.59 Å². The van der Waals surface area contributed by atoms with Gasteiger partial charge in [0.25, 0.3) is 5.91 Å². The van der Waals surface area contributed by atoms with Crippen molar-refractivity contribution in [2.75, 3.05) is 39.8 Å². The van der Waals surface area contributed by atoms with Crippen LogP contribution in [0.4, 0.5) is 0 Å². The standard InChI is InChI=1S/C12H19N5O2/c1-15-7-10(14-9-15)12(19)16(2)8-11(18)17-5-3-13-4-6-17/h7,9,13H,3-6,8H2,1-2H3. The van der Waals surface area contributed by atoms with E-state index in [0.29, 0.717) is 18.8 Å². The van der Waals surface area contributed by atoms with Gasteiger partial charge in [-0.05, 0) is 0 Å². The topological polar surface area (TPSA) is 70.5 Å². The lowest BCUT2D eigenvalue weighted by molar-refractivity contribution is -0.132. The maximum Gasteiger partial charge on any atom is 0.274 e. The second-order valence-electron chi connectivity index (χ2n) is 4.72. The largest absolute Gasteiger partial charge is 0.340 e. The highest BCUT2D eigenvalue weighted by molar-refractivity contribution is 5.94. The molecule has 0 aromatic carbocycles. The van der Waals surface area contributed by atoms with Crippen LogP contribution in [0.15, 0.2) is 12.5 Å². The Morgan fingerprint density at radius 2 is 2.11 bits per heavy atom. The number of rotatable bonds is 3. The Kier molecular flexibility index (Phi) is 4.16. The molecule has 0 atom stereocenters. The first-order valence-corrected chi connectivity index (χ1v) is 6.30. The molecule has 1 saturated heterocycles. The predicted octanol–water partition coefficient (Wildman–Crippen LogP) is -1.08. The molecule has 104 valence electrons. The molecule has 1 N–H and O–H groups in total. The number of aryl methyl sites for hydroxylation is 1. The first-order chi connectivity index (χ1) is 9.08. The average molecular weight is 265 g/mol. The van der Waals surface area contributed by atoms with Crippen LogP contribution in [0, 0.1) is 0 Å². The minimum absolute atomic E-state index is 0.0201. The maximum atomic E-state index is 12.0. The van der Waals surface area contributed by atoms with E-state index in [0.717, 1.165) is 13.1 Å². The van der Waals surface area contributed by atoms with Crippen molar-refractivity contribution in [3.63, 3.8) is 0 Å². The fourth-order valence-corrected chi connectivity index (χ4v) is 2.01. The predicted molar refractivity (Wildman–Crippen MR) is 69.6 cm³/mol. The SMILES string of the molecule is CN(CC(=O)N1CCNCC1)C(=O)c1cn(C)cn1. The molecule has 0 saturated carbocycles. The summed E-state index contributed by atoms with van der Waals surface area (Å²) in [5.74, 6) is -0.252. The second kappa shape index (κ2) is 5.83. The lowest BCUT2D eigenvalue weighted by atomic mass is 10.3. The fraction of sp³-hybridized carbons (Fsp3) is 0.583. The van der Waals surface area contributed by atoms with Crippen LogP contribution < -0.4 is 5.32 Å². The van der Waals surface area contributed by atoms with Crippen molar-refractivity contribution in [2.45, 2.75) is 0 Å². The highest BCUT2D eigenvalue weighted by Crippen LogP contribution is 2.01. The van der Waals surface area contributed by atoms with E-state index >= 15 is 0 Å². The number of amides is 2. The van der Waals surface area contributed by atoms with Crippen LogP contribution in [0.3, 0.4) is 0 Å². The number of hydrogen-bond acceptors (Lipinski definition) is 4. The monoisotopic (exact) mass is 265 g/mol. The summed E-state index contributed by atoms with van der Waals surface area (Å²) in [4.78, 5) is 31.3. The molecule has 19 heavy (non-hydrogen) atoms. The molecule has 2 heterocycles. The maximum absolute atomic E-state index is 12.0. The van der Waals surface area contributed by atoms with E-state index in [4.69, 9.17) is 0 Å². The van der Waals surface area contributed by atoms with Gasteiger partial charge in [0, 0.05) is 46.5 Å². The zero-order valence-corrected chi connectivity index (χ0v) is 11.3. The summed E-state index contributed by atoms with van der Waals surface area (Å²) in [5, 5.41) is 3.19. The first kappa shape index (κ1) is 13.5. The molecule has 0 unspecified atom stereocenters. The number of carbonyl (C=O) groups excluding carboxylic acids is 2. The lowest BCUT2D eigenvalue weighted by Crippen LogP contribution is -2.49. The minimum atomic E-state index is -0.232. The fourth-order valence-electron chi connectivity index (χ4n) is 2.01. The Morgan fingerprint density at radius 1 is 1.42 bits per heavy atom. The molecule has 1 aliphatic heterocycles. The van der Waals surface area contributed by atoms with Crippen molar-refractivity contribution in [3.8, 4) is 0 Å². The van der Waals surface area contributed by atoms with E-state index in [1.807, 2.05) is 0 Å². The molecule has 1 aliphatic rings. The molecular weight excluding hydrogens is 246 g/mol. The molecule has 1 fully saturated rings. The third-order valence-electron chi connectivity index (χ3n) is 3.11. The highest BCUT2D eigenvalue weighted by atomic mass is 16.2. The van der Waals surface area contributed by atoms with Crippen LogP contribution in [-0.4, -0.2) is 70.9 Å². The summed E-state index contributed by atoms with van der Waals surface area (Å²) in [6.45, 7) is 3.11. The molecule has 1 aromatic heterocycles. The van der Waals surface area contributed by atoms with Gasteiger partial charge in [-0.1, -0.05) is 0 Å². The molecule has 0 aliphatic carbocycles. The summed E-state index contributed by atoms with van der Waals surface area (Å²) >= 11 is 0. The van der Waals surface area contributed by atoms with E-state index in [-0.39, 0.29) is 18.4 Å². The molecule has 1 aromatic rings. The van der Waals surface area contributed by atoms with Gasteiger partial charge in [-0.2, -0.15) is 0 Å². The molecule has 7 heteroatoms. The molecule has 0 bridgehead atoms. The summed E-state index contributed by atoms with van der Waals surface area (Å²) < 4.78 is 1.71. The van der Waals surface area contributed by atoms with E-state index in [9.17, 15) is 9.59 Å². The first-order valence-electron chi connectivity index (χ1n) is 6.30. The van der Waals surface area contributed by atoms with Gasteiger partial charge in [-0.3, -0.25) is 9.59 Å². The van der Waals surface area contributed by atoms with Crippen LogP contribution in [0.25, 0.3) is 0 Å². The Balaban J connectivity index is 1.91. The smallest absolute Gasteiger partial charge is 0.274 e. The zero-order chi connectivity index (χ0) is 13.8. The number of nitrogens with one attached hydrogen (secondary N) is 1. The molecule has 2 rings (SSSR count). The van der Waals surface area contributed by atoms with Gasteiger partial charge in [0.2, 0.25) is 5.91 Å². The van der Waals surface area contributed by atoms with E-state index < -0.39 is 0 Å². The molecule has 2 amide bonds. The molecule has 0 spiro atoms. The number of piperazine rings is 1. The Hall–Kier alpha value is -1.89. The highest BCUT2D eigenvalue weighted by Gasteiger charge is 2.21. The van der Waals surface area contributed by atoms with Crippen LogP contribution in [0.2, 0.25) is 0 Å². The number of aromatic nitrogens is 2. The number of likely N-dealkylation sites (N-methyl/N-ethyl adjacent to an activating group) is 1. The van der Waals surface area contributed by atoms with Crippen LogP contribution in [0.1, 0.15) is 10.5 Å². The van der Waals surface area contributed by atoms with Gasteiger partial charge >= 0.3 is 0 Å². The number of nitrogens with zero attached hydrogens (tertiary/aromatic N) is 4. The van der Waals surface area contributed by atoms with Crippen molar-refractivity contribution in [1.29, 1.82) is 0 Å². The van der Waals surface area contributed by atoms with Gasteiger partial charge in [0.1, 0.15) is 5.69 Å². The van der Waals surface area contributed by atoms with Crippen LogP contribution in [-0.2, 0) is 11.8 Å². The normalized spacial score (nSPS) is 15.4. The Bertz CT molecular complexity index is 464. The van der Waals surface area contributed by atoms with Gasteiger partial charge < -0.3 is 19.7 Å². The molecular formula is C12H19N5O2. The van der Waals surface area contributed by atoms with Crippen LogP contribution in [0.5, 0.6) is 0 Å². The summed E-state index contributed by atoms with van der Waals surface area (Å²) in [5.41, 5.74) is 0.359. The molecule has 7 nitrogen and oxygen atoms in total. The number of carbonyl (C=O) groups is 2. The Morgan fingerprint density at radius 3 is 2.68 bits per heavy atom. The lowest BCUT2D eigenvalue weighted by Gasteiger charge is -2.29.